The predicted molar refractivity (Wildman–Crippen MR) is 86.0 cm³/mol. The van der Waals surface area contributed by atoms with E-state index < -0.39 is 0 Å². The average Bonchev–Trinajstić information content (AvgIpc) is 2.32. The first-order valence-electron chi connectivity index (χ1n) is 6.84. The third-order valence-corrected chi connectivity index (χ3v) is 3.58. The van der Waals surface area contributed by atoms with Crippen LogP contribution in [0.25, 0.3) is 0 Å². The lowest BCUT2D eigenvalue weighted by Crippen LogP contribution is -2.37. The van der Waals surface area contributed by atoms with E-state index in [0.717, 1.165) is 6.42 Å². The number of carbonyl (C=O) groups excluding carboxylic acids is 1. The van der Waals surface area contributed by atoms with Gasteiger partial charge in [0, 0.05) is 11.7 Å². The number of hydrogen-bond acceptors (Lipinski definition) is 3. The lowest BCUT2D eigenvalue weighted by atomic mass is 10.0. The van der Waals surface area contributed by atoms with Crippen LogP contribution in [0.4, 0.5) is 11.4 Å². The van der Waals surface area contributed by atoms with Gasteiger partial charge in [0.1, 0.15) is 0 Å². The van der Waals surface area contributed by atoms with E-state index in [1.165, 1.54) is 0 Å². The van der Waals surface area contributed by atoms with Gasteiger partial charge in [-0.1, -0.05) is 25.4 Å². The Morgan fingerprint density at radius 3 is 2.60 bits per heavy atom. The van der Waals surface area contributed by atoms with Crippen molar-refractivity contribution in [1.29, 1.82) is 0 Å². The zero-order valence-corrected chi connectivity index (χ0v) is 13.4. The molecule has 0 heterocycles. The molecule has 112 valence electrons. The molecule has 1 unspecified atom stereocenters. The summed E-state index contributed by atoms with van der Waals surface area (Å²) in [6, 6.07) is 5.46. The van der Waals surface area contributed by atoms with Crippen LogP contribution in [-0.2, 0) is 4.79 Å². The van der Waals surface area contributed by atoms with Crippen LogP contribution in [0.5, 0.6) is 0 Å². The summed E-state index contributed by atoms with van der Waals surface area (Å²) in [6.45, 7) is 6.85. The summed E-state index contributed by atoms with van der Waals surface area (Å²) in [6.07, 6.45) is 1.07. The summed E-state index contributed by atoms with van der Waals surface area (Å²) >= 11 is 5.85. The highest BCUT2D eigenvalue weighted by molar-refractivity contribution is 6.33. The SMILES string of the molecule is CC(C)CC(C)N(C)CC(=O)Nc1ccc(Cl)c(N)c1. The first kappa shape index (κ1) is 16.8. The molecular formula is C15H24ClN3O. The Balaban J connectivity index is 2.52. The van der Waals surface area contributed by atoms with Crippen LogP contribution >= 0.6 is 11.6 Å². The van der Waals surface area contributed by atoms with Crippen molar-refractivity contribution in [2.24, 2.45) is 5.92 Å². The molecular weight excluding hydrogens is 274 g/mol. The van der Waals surface area contributed by atoms with Gasteiger partial charge in [0.2, 0.25) is 5.91 Å². The summed E-state index contributed by atoms with van der Waals surface area (Å²) in [5.41, 5.74) is 6.84. The van der Waals surface area contributed by atoms with Gasteiger partial charge in [0.05, 0.1) is 17.3 Å². The molecule has 1 atom stereocenters. The summed E-state index contributed by atoms with van der Waals surface area (Å²) in [4.78, 5) is 14.0. The maximum absolute atomic E-state index is 12.0. The minimum atomic E-state index is -0.0511. The molecule has 0 aromatic heterocycles. The highest BCUT2D eigenvalue weighted by atomic mass is 35.5. The predicted octanol–water partition coefficient (Wildman–Crippen LogP) is 3.23. The summed E-state index contributed by atoms with van der Waals surface area (Å²) < 4.78 is 0. The zero-order valence-electron chi connectivity index (χ0n) is 12.6. The molecule has 4 nitrogen and oxygen atoms in total. The number of hydrogen-bond donors (Lipinski definition) is 2. The van der Waals surface area contributed by atoms with Crippen molar-refractivity contribution in [1.82, 2.24) is 4.90 Å². The Hall–Kier alpha value is -1.26. The lowest BCUT2D eigenvalue weighted by molar-refractivity contribution is -0.117. The van der Waals surface area contributed by atoms with E-state index in [1.54, 1.807) is 18.2 Å². The highest BCUT2D eigenvalue weighted by Crippen LogP contribution is 2.22. The smallest absolute Gasteiger partial charge is 0.238 e. The van der Waals surface area contributed by atoms with Crippen LogP contribution in [0.1, 0.15) is 27.2 Å². The van der Waals surface area contributed by atoms with Crippen molar-refractivity contribution in [3.63, 3.8) is 0 Å². The Labute approximate surface area is 126 Å². The molecule has 0 bridgehead atoms. The van der Waals surface area contributed by atoms with E-state index in [2.05, 4.69) is 31.0 Å². The van der Waals surface area contributed by atoms with Gasteiger partial charge >= 0.3 is 0 Å². The molecule has 0 saturated heterocycles. The fourth-order valence-corrected chi connectivity index (χ4v) is 2.18. The fourth-order valence-electron chi connectivity index (χ4n) is 2.07. The van der Waals surface area contributed by atoms with Crippen LogP contribution in [0, 0.1) is 5.92 Å². The van der Waals surface area contributed by atoms with E-state index in [0.29, 0.717) is 34.9 Å². The van der Waals surface area contributed by atoms with Crippen molar-refractivity contribution in [2.45, 2.75) is 33.2 Å². The third kappa shape index (κ3) is 5.39. The lowest BCUT2D eigenvalue weighted by Gasteiger charge is -2.25. The second kappa shape index (κ2) is 7.50. The van der Waals surface area contributed by atoms with Gasteiger partial charge in [-0.05, 0) is 44.5 Å². The molecule has 0 radical (unpaired) electrons. The van der Waals surface area contributed by atoms with Crippen LogP contribution < -0.4 is 11.1 Å². The van der Waals surface area contributed by atoms with E-state index in [4.69, 9.17) is 17.3 Å². The van der Waals surface area contributed by atoms with Crippen LogP contribution in [0.15, 0.2) is 18.2 Å². The Kier molecular flexibility index (Phi) is 6.30. The van der Waals surface area contributed by atoms with Crippen molar-refractivity contribution >= 4 is 28.9 Å². The van der Waals surface area contributed by atoms with E-state index in [9.17, 15) is 4.79 Å². The summed E-state index contributed by atoms with van der Waals surface area (Å²) in [5.74, 6) is 0.566. The first-order valence-corrected chi connectivity index (χ1v) is 7.22. The molecule has 1 aromatic rings. The summed E-state index contributed by atoms with van der Waals surface area (Å²) in [5, 5.41) is 3.32. The van der Waals surface area contributed by atoms with Crippen molar-refractivity contribution in [3.05, 3.63) is 23.2 Å². The Morgan fingerprint density at radius 1 is 1.40 bits per heavy atom. The first-order chi connectivity index (χ1) is 9.29. The van der Waals surface area contributed by atoms with Crippen LogP contribution in [0.3, 0.4) is 0 Å². The monoisotopic (exact) mass is 297 g/mol. The maximum atomic E-state index is 12.0. The molecule has 0 aliphatic carbocycles. The highest BCUT2D eigenvalue weighted by Gasteiger charge is 2.14. The minimum Gasteiger partial charge on any atom is -0.397 e. The van der Waals surface area contributed by atoms with Gasteiger partial charge in [-0.3, -0.25) is 9.69 Å². The number of halogens is 1. The second-order valence-corrected chi connectivity index (χ2v) is 6.09. The molecule has 1 rings (SSSR count). The molecule has 0 aliphatic heterocycles. The van der Waals surface area contributed by atoms with Crippen LogP contribution in [-0.4, -0.2) is 30.4 Å². The topological polar surface area (TPSA) is 58.4 Å². The van der Waals surface area contributed by atoms with Gasteiger partial charge in [-0.2, -0.15) is 0 Å². The maximum Gasteiger partial charge on any atom is 0.238 e. The molecule has 20 heavy (non-hydrogen) atoms. The standard InChI is InChI=1S/C15H24ClN3O/c1-10(2)7-11(3)19(4)9-15(20)18-12-5-6-13(16)14(17)8-12/h5-6,8,10-11H,7,9,17H2,1-4H3,(H,18,20). The van der Waals surface area contributed by atoms with Crippen molar-refractivity contribution < 1.29 is 4.79 Å². The molecule has 5 heteroatoms. The number of nitrogens with one attached hydrogen (secondary N) is 1. The molecule has 0 saturated carbocycles. The number of carbonyl (C=O) groups is 1. The van der Waals surface area contributed by atoms with Crippen molar-refractivity contribution in [2.75, 3.05) is 24.6 Å². The van der Waals surface area contributed by atoms with Gasteiger partial charge in [0.15, 0.2) is 0 Å². The number of benzene rings is 1. The van der Waals surface area contributed by atoms with Gasteiger partial charge in [-0.25, -0.2) is 0 Å². The van der Waals surface area contributed by atoms with Gasteiger partial charge < -0.3 is 11.1 Å². The number of nitrogens with two attached hydrogens (primary N) is 1. The second-order valence-electron chi connectivity index (χ2n) is 5.68. The molecule has 1 amide bonds. The molecule has 0 spiro atoms. The quantitative estimate of drug-likeness (QED) is 0.793. The average molecular weight is 298 g/mol. The van der Waals surface area contributed by atoms with E-state index in [-0.39, 0.29) is 5.91 Å². The Morgan fingerprint density at radius 2 is 2.05 bits per heavy atom. The number of anilines is 2. The molecule has 0 aliphatic rings. The third-order valence-electron chi connectivity index (χ3n) is 3.24. The van der Waals surface area contributed by atoms with Crippen LogP contribution in [0.2, 0.25) is 5.02 Å². The summed E-state index contributed by atoms with van der Waals surface area (Å²) in [7, 11) is 1.96. The van der Waals surface area contributed by atoms with Gasteiger partial charge in [-0.15, -0.1) is 0 Å². The number of rotatable bonds is 6. The number of likely N-dealkylation sites (N-methyl/N-ethyl adjacent to an activating group) is 1. The van der Waals surface area contributed by atoms with E-state index >= 15 is 0 Å². The van der Waals surface area contributed by atoms with Crippen molar-refractivity contribution in [3.8, 4) is 0 Å². The largest absolute Gasteiger partial charge is 0.397 e. The Bertz CT molecular complexity index is 462. The minimum absolute atomic E-state index is 0.0511. The molecule has 1 aromatic carbocycles. The van der Waals surface area contributed by atoms with Gasteiger partial charge in [0.25, 0.3) is 0 Å². The molecule has 3 N–H and O–H groups in total. The normalized spacial score (nSPS) is 12.8. The number of nitrogens with zero attached hydrogens (tertiary/aromatic N) is 1. The number of amides is 1. The van der Waals surface area contributed by atoms with E-state index in [1.807, 2.05) is 7.05 Å². The molecule has 0 fully saturated rings. The fraction of sp³-hybridized carbons (Fsp3) is 0.533. The zero-order chi connectivity index (χ0) is 15.3. The number of nitrogen functional groups attached to an aromatic ring is 1.